The van der Waals surface area contributed by atoms with Crippen LogP contribution in [0.5, 0.6) is 5.75 Å². The molecule has 10 heteroatoms. The topological polar surface area (TPSA) is 102 Å². The molecule has 4 aliphatic rings. The lowest BCUT2D eigenvalue weighted by molar-refractivity contribution is -0.138. The smallest absolute Gasteiger partial charge is 0.228 e. The summed E-state index contributed by atoms with van der Waals surface area (Å²) in [7, 11) is 0. The summed E-state index contributed by atoms with van der Waals surface area (Å²) in [5, 5.41) is 15.0. The Morgan fingerprint density at radius 1 is 0.906 bits per heavy atom. The Balaban J connectivity index is 1.16. The zero-order valence-corrected chi connectivity index (χ0v) is 31.2. The number of halogens is 1. The Kier molecular flexibility index (Phi) is 10.8. The van der Waals surface area contributed by atoms with E-state index in [0.29, 0.717) is 84.4 Å². The van der Waals surface area contributed by atoms with Crippen molar-refractivity contribution in [2.45, 2.75) is 71.6 Å². The molecule has 53 heavy (non-hydrogen) atoms. The molecule has 1 atom stereocenters. The van der Waals surface area contributed by atoms with Crippen LogP contribution in [0.25, 0.3) is 0 Å². The second-order valence-electron chi connectivity index (χ2n) is 15.2. The SMILES string of the molecule is CC1(C)CC(=O)C2=C(C1)NC1=C(O)CCC=C1N(C(=O)CCC(=O)N1CCN(Cc3ccccc3)CC1)C2c1ccc(OCc2ccccc2)cc1Cl. The van der Waals surface area contributed by atoms with E-state index < -0.39 is 6.04 Å². The highest BCUT2D eigenvalue weighted by Crippen LogP contribution is 2.49. The molecule has 2 heterocycles. The predicted octanol–water partition coefficient (Wildman–Crippen LogP) is 7.61. The highest BCUT2D eigenvalue weighted by Gasteiger charge is 2.45. The molecule has 0 radical (unpaired) electrons. The van der Waals surface area contributed by atoms with Crippen molar-refractivity contribution in [2.75, 3.05) is 26.2 Å². The van der Waals surface area contributed by atoms with E-state index in [-0.39, 0.29) is 41.6 Å². The van der Waals surface area contributed by atoms with E-state index in [1.54, 1.807) is 11.0 Å². The predicted molar refractivity (Wildman–Crippen MR) is 205 cm³/mol. The molecule has 0 spiro atoms. The lowest BCUT2D eigenvalue weighted by atomic mass is 9.73. The number of carbonyl (C=O) groups is 3. The fourth-order valence-corrected chi connectivity index (χ4v) is 8.15. The minimum atomic E-state index is -0.879. The van der Waals surface area contributed by atoms with Gasteiger partial charge in [-0.25, -0.2) is 0 Å². The average molecular weight is 735 g/mol. The summed E-state index contributed by atoms with van der Waals surface area (Å²) in [6, 6.07) is 24.6. The Morgan fingerprint density at radius 3 is 2.28 bits per heavy atom. The van der Waals surface area contributed by atoms with E-state index in [9.17, 15) is 19.5 Å². The van der Waals surface area contributed by atoms with Crippen LogP contribution >= 0.6 is 11.6 Å². The lowest BCUT2D eigenvalue weighted by Crippen LogP contribution is -2.48. The van der Waals surface area contributed by atoms with E-state index >= 15 is 0 Å². The number of carbonyl (C=O) groups excluding carboxylic acids is 3. The third kappa shape index (κ3) is 8.21. The maximum Gasteiger partial charge on any atom is 0.228 e. The molecule has 2 aliphatic carbocycles. The molecule has 1 unspecified atom stereocenters. The number of nitrogens with one attached hydrogen (secondary N) is 1. The number of hydrogen-bond acceptors (Lipinski definition) is 7. The summed E-state index contributed by atoms with van der Waals surface area (Å²) in [5.41, 5.74) is 4.52. The quantitative estimate of drug-likeness (QED) is 0.233. The van der Waals surface area contributed by atoms with Crippen molar-refractivity contribution in [2.24, 2.45) is 5.41 Å². The first-order valence-electron chi connectivity index (χ1n) is 18.5. The molecule has 9 nitrogen and oxygen atoms in total. The maximum absolute atomic E-state index is 14.7. The van der Waals surface area contributed by atoms with Gasteiger partial charge >= 0.3 is 0 Å². The Morgan fingerprint density at radius 2 is 1.58 bits per heavy atom. The van der Waals surface area contributed by atoms with E-state index in [4.69, 9.17) is 16.3 Å². The number of rotatable bonds is 9. The number of allylic oxidation sites excluding steroid dienone is 3. The number of aliphatic hydroxyl groups is 1. The van der Waals surface area contributed by atoms with Gasteiger partial charge in [0.05, 0.1) is 11.7 Å². The van der Waals surface area contributed by atoms with Crippen LogP contribution < -0.4 is 10.1 Å². The molecule has 2 N–H and O–H groups in total. The number of nitrogens with zero attached hydrogens (tertiary/aromatic N) is 3. The van der Waals surface area contributed by atoms with E-state index in [1.807, 2.05) is 85.5 Å². The number of piperazine rings is 1. The number of amides is 2. The van der Waals surface area contributed by atoms with E-state index in [0.717, 1.165) is 25.2 Å². The highest BCUT2D eigenvalue weighted by atomic mass is 35.5. The number of ketones is 1. The average Bonchev–Trinajstić information content (AvgIpc) is 3.29. The maximum atomic E-state index is 14.7. The number of benzene rings is 3. The number of Topliss-reactive ketones (excluding diaryl/α,β-unsaturated/α-hetero) is 1. The molecule has 1 saturated heterocycles. The minimum Gasteiger partial charge on any atom is -0.510 e. The Hall–Kier alpha value is -4.86. The van der Waals surface area contributed by atoms with Crippen molar-refractivity contribution in [3.63, 3.8) is 0 Å². The second-order valence-corrected chi connectivity index (χ2v) is 15.6. The van der Waals surface area contributed by atoms with Crippen molar-refractivity contribution < 1.29 is 24.2 Å². The molecule has 0 saturated carbocycles. The van der Waals surface area contributed by atoms with Gasteiger partial charge < -0.3 is 20.1 Å². The molecule has 3 aromatic rings. The first kappa shape index (κ1) is 36.5. The minimum absolute atomic E-state index is 0.0271. The molecule has 7 rings (SSSR count). The Labute approximate surface area is 316 Å². The normalized spacial score (nSPS) is 20.2. The molecular weight excluding hydrogens is 688 g/mol. The summed E-state index contributed by atoms with van der Waals surface area (Å²) < 4.78 is 6.07. The molecule has 1 fully saturated rings. The fraction of sp³-hybridized carbons (Fsp3) is 0.372. The Bertz CT molecular complexity index is 1960. The van der Waals surface area contributed by atoms with Gasteiger partial charge in [0, 0.05) is 74.7 Å². The molecule has 2 amide bonds. The first-order chi connectivity index (χ1) is 25.6. The van der Waals surface area contributed by atoms with Gasteiger partial charge in [0.1, 0.15) is 23.8 Å². The van der Waals surface area contributed by atoms with Gasteiger partial charge in [0.15, 0.2) is 5.78 Å². The van der Waals surface area contributed by atoms with Crippen LogP contribution in [0.2, 0.25) is 5.02 Å². The summed E-state index contributed by atoms with van der Waals surface area (Å²) in [5.74, 6) is 0.201. The summed E-state index contributed by atoms with van der Waals surface area (Å²) in [6.45, 7) is 7.98. The monoisotopic (exact) mass is 734 g/mol. The van der Waals surface area contributed by atoms with Gasteiger partial charge in [-0.2, -0.15) is 0 Å². The van der Waals surface area contributed by atoms with Crippen molar-refractivity contribution in [1.82, 2.24) is 20.0 Å². The zero-order valence-electron chi connectivity index (χ0n) is 30.4. The van der Waals surface area contributed by atoms with Gasteiger partial charge in [0.2, 0.25) is 11.8 Å². The lowest BCUT2D eigenvalue weighted by Gasteiger charge is -2.38. The fourth-order valence-electron chi connectivity index (χ4n) is 7.88. The van der Waals surface area contributed by atoms with Crippen molar-refractivity contribution in [1.29, 1.82) is 0 Å². The molecule has 3 aromatic carbocycles. The van der Waals surface area contributed by atoms with Crippen LogP contribution in [0.4, 0.5) is 0 Å². The third-order valence-corrected chi connectivity index (χ3v) is 10.9. The zero-order chi connectivity index (χ0) is 37.1. The van der Waals surface area contributed by atoms with Crippen LogP contribution in [0, 0.1) is 5.41 Å². The number of ether oxygens (including phenoxy) is 1. The number of fused-ring (bicyclic) bond motifs is 1. The summed E-state index contributed by atoms with van der Waals surface area (Å²) in [6.07, 6.45) is 3.64. The molecule has 2 aliphatic heterocycles. The van der Waals surface area contributed by atoms with Crippen LogP contribution in [0.15, 0.2) is 113 Å². The second kappa shape index (κ2) is 15.6. The van der Waals surface area contributed by atoms with Crippen molar-refractivity contribution >= 4 is 29.2 Å². The van der Waals surface area contributed by atoms with Gasteiger partial charge in [-0.1, -0.05) is 98.3 Å². The van der Waals surface area contributed by atoms with Crippen molar-refractivity contribution in [3.05, 3.63) is 135 Å². The molecule has 0 aromatic heterocycles. The van der Waals surface area contributed by atoms with Crippen molar-refractivity contribution in [3.8, 4) is 5.75 Å². The van der Waals surface area contributed by atoms with Gasteiger partial charge in [-0.05, 0) is 47.1 Å². The van der Waals surface area contributed by atoms with Crippen LogP contribution in [-0.4, -0.2) is 63.6 Å². The highest BCUT2D eigenvalue weighted by molar-refractivity contribution is 6.31. The largest absolute Gasteiger partial charge is 0.510 e. The van der Waals surface area contributed by atoms with Gasteiger partial charge in [-0.15, -0.1) is 0 Å². The standard InChI is InChI=1S/C43H47ClN4O5/c1-43(2)25-34-40(37(50)26-43)42(32-17-16-31(24-33(32)44)53-28-30-12-7-4-8-13-30)48(35-14-9-15-36(49)41(35)45-34)39(52)19-18-38(51)47-22-20-46(21-23-47)27-29-10-5-3-6-11-29/h3-8,10-14,16-17,24,42,45,49H,9,15,18-23,25-28H2,1-2H3. The van der Waals surface area contributed by atoms with Gasteiger partial charge in [0.25, 0.3) is 0 Å². The van der Waals surface area contributed by atoms with E-state index in [2.05, 4.69) is 22.3 Å². The van der Waals surface area contributed by atoms with Crippen LogP contribution in [-0.2, 0) is 27.5 Å². The van der Waals surface area contributed by atoms with Crippen LogP contribution in [0.3, 0.4) is 0 Å². The third-order valence-electron chi connectivity index (χ3n) is 10.6. The summed E-state index contributed by atoms with van der Waals surface area (Å²) in [4.78, 5) is 48.2. The van der Waals surface area contributed by atoms with E-state index in [1.165, 1.54) is 5.56 Å². The molecular formula is C43H47ClN4O5. The number of aliphatic hydroxyl groups excluding tert-OH is 1. The number of hydrogen-bond donors (Lipinski definition) is 2. The summed E-state index contributed by atoms with van der Waals surface area (Å²) >= 11 is 7.08. The molecule has 0 bridgehead atoms. The van der Waals surface area contributed by atoms with Crippen LogP contribution in [0.1, 0.15) is 75.1 Å². The molecule has 276 valence electrons. The van der Waals surface area contributed by atoms with Gasteiger partial charge in [-0.3, -0.25) is 24.2 Å². The first-order valence-corrected chi connectivity index (χ1v) is 18.9.